The minimum Gasteiger partial charge on any atom is -0.350 e. The van der Waals surface area contributed by atoms with E-state index in [-0.39, 0.29) is 17.5 Å². The van der Waals surface area contributed by atoms with Gasteiger partial charge < -0.3 is 9.47 Å². The van der Waals surface area contributed by atoms with Crippen LogP contribution < -0.4 is 5.56 Å². The number of para-hydroxylation sites is 1. The van der Waals surface area contributed by atoms with Crippen molar-refractivity contribution in [2.75, 3.05) is 26.2 Å². The van der Waals surface area contributed by atoms with E-state index >= 15 is 0 Å². The highest BCUT2D eigenvalue weighted by atomic mass is 16.2. The summed E-state index contributed by atoms with van der Waals surface area (Å²) in [5.74, 6) is -0.0703. The highest BCUT2D eigenvalue weighted by molar-refractivity contribution is 6.00. The van der Waals surface area contributed by atoms with Crippen molar-refractivity contribution >= 4 is 5.91 Å². The van der Waals surface area contributed by atoms with Gasteiger partial charge in [0.1, 0.15) is 5.69 Å². The second kappa shape index (κ2) is 9.74. The first-order chi connectivity index (χ1) is 17.3. The molecule has 2 aromatic carbocycles. The highest BCUT2D eigenvalue weighted by Crippen LogP contribution is 2.26. The van der Waals surface area contributed by atoms with Crippen molar-refractivity contribution in [1.82, 2.24) is 24.1 Å². The van der Waals surface area contributed by atoms with Crippen molar-refractivity contribution in [2.45, 2.75) is 40.3 Å². The third kappa shape index (κ3) is 4.58. The van der Waals surface area contributed by atoms with Crippen LogP contribution in [-0.4, -0.2) is 56.2 Å². The van der Waals surface area contributed by atoms with Gasteiger partial charge in [0.2, 0.25) is 0 Å². The van der Waals surface area contributed by atoms with E-state index in [1.807, 2.05) is 66.0 Å². The molecule has 0 aliphatic carbocycles. The predicted molar refractivity (Wildman–Crippen MR) is 142 cm³/mol. The van der Waals surface area contributed by atoms with E-state index in [0.717, 1.165) is 19.6 Å². The Hall–Kier alpha value is -3.71. The molecule has 7 heteroatoms. The van der Waals surface area contributed by atoms with Gasteiger partial charge in [0.25, 0.3) is 11.5 Å². The van der Waals surface area contributed by atoms with Crippen LogP contribution in [0.1, 0.15) is 46.9 Å². The van der Waals surface area contributed by atoms with E-state index < -0.39 is 0 Å². The Morgan fingerprint density at radius 1 is 0.972 bits per heavy atom. The molecule has 1 fully saturated rings. The fourth-order valence-corrected chi connectivity index (χ4v) is 4.82. The molecule has 5 rings (SSSR count). The highest BCUT2D eigenvalue weighted by Gasteiger charge is 2.29. The van der Waals surface area contributed by atoms with Crippen LogP contribution in [0.3, 0.4) is 0 Å². The van der Waals surface area contributed by atoms with Gasteiger partial charge in [-0.3, -0.25) is 14.5 Å². The van der Waals surface area contributed by atoms with E-state index in [0.29, 0.717) is 35.6 Å². The van der Waals surface area contributed by atoms with E-state index in [4.69, 9.17) is 0 Å². The minimum absolute atomic E-state index is 0.0703. The number of hydrogen-bond donors (Lipinski definition) is 0. The van der Waals surface area contributed by atoms with Crippen LogP contribution in [0.15, 0.2) is 65.7 Å². The summed E-state index contributed by atoms with van der Waals surface area (Å²) < 4.78 is 3.33. The second-order valence-corrected chi connectivity index (χ2v) is 10.0. The first kappa shape index (κ1) is 24.0. The summed E-state index contributed by atoms with van der Waals surface area (Å²) >= 11 is 0. The number of benzene rings is 2. The standard InChI is InChI=1S/C29H33N5O2/c1-20(2)33-18-25(27-26(19-33)29(36)34(30-27)24-8-6-5-7-9-24)28(35)32-14-12-31(13-15-32)17-23-16-21(3)10-11-22(23)4/h5-11,16,18-20H,12-15,17H2,1-4H3. The van der Waals surface area contributed by atoms with E-state index in [9.17, 15) is 9.59 Å². The lowest BCUT2D eigenvalue weighted by Gasteiger charge is -2.35. The number of piperazine rings is 1. The van der Waals surface area contributed by atoms with Crippen molar-refractivity contribution in [1.29, 1.82) is 0 Å². The van der Waals surface area contributed by atoms with Crippen molar-refractivity contribution in [3.63, 3.8) is 0 Å². The van der Waals surface area contributed by atoms with Gasteiger partial charge in [0, 0.05) is 51.2 Å². The number of carbonyl (C=O) groups is 1. The first-order valence-electron chi connectivity index (χ1n) is 12.6. The van der Waals surface area contributed by atoms with Gasteiger partial charge in [0.15, 0.2) is 0 Å². The Balaban J connectivity index is 1.41. The number of rotatable bonds is 5. The van der Waals surface area contributed by atoms with E-state index in [1.54, 1.807) is 0 Å². The fourth-order valence-electron chi connectivity index (χ4n) is 4.82. The SMILES string of the molecule is Cc1ccc(C)c(CN2CCN(C(=O)c3cn(C(C)C)cc4c(=O)n(-c5ccccc5)nc3-4)CC2)c1. The minimum atomic E-state index is -0.210. The molecule has 1 amide bonds. The van der Waals surface area contributed by atoms with Crippen molar-refractivity contribution in [3.05, 3.63) is 93.5 Å². The van der Waals surface area contributed by atoms with Gasteiger partial charge in [-0.25, -0.2) is 0 Å². The van der Waals surface area contributed by atoms with Gasteiger partial charge >= 0.3 is 0 Å². The zero-order chi connectivity index (χ0) is 25.4. The molecular weight excluding hydrogens is 450 g/mol. The number of amides is 1. The Labute approximate surface area is 211 Å². The summed E-state index contributed by atoms with van der Waals surface area (Å²) in [6.07, 6.45) is 3.66. The molecule has 0 radical (unpaired) electrons. The fraction of sp³-hybridized carbons (Fsp3) is 0.345. The van der Waals surface area contributed by atoms with Gasteiger partial charge in [-0.2, -0.15) is 9.78 Å². The Morgan fingerprint density at radius 2 is 1.69 bits per heavy atom. The normalized spacial score (nSPS) is 14.6. The first-order valence-corrected chi connectivity index (χ1v) is 12.6. The van der Waals surface area contributed by atoms with Crippen LogP contribution in [0.25, 0.3) is 16.9 Å². The van der Waals surface area contributed by atoms with Crippen LogP contribution in [0.2, 0.25) is 0 Å². The van der Waals surface area contributed by atoms with Crippen molar-refractivity contribution < 1.29 is 4.79 Å². The molecule has 36 heavy (non-hydrogen) atoms. The molecule has 7 nitrogen and oxygen atoms in total. The number of aryl methyl sites for hydroxylation is 2. The van der Waals surface area contributed by atoms with Gasteiger partial charge in [0.05, 0.1) is 16.8 Å². The molecular formula is C29H33N5O2. The lowest BCUT2D eigenvalue weighted by atomic mass is 10.0. The number of fused-ring (bicyclic) bond motifs is 1. The lowest BCUT2D eigenvalue weighted by molar-refractivity contribution is 0.0627. The van der Waals surface area contributed by atoms with Crippen LogP contribution in [-0.2, 0) is 6.54 Å². The third-order valence-electron chi connectivity index (χ3n) is 7.07. The average Bonchev–Trinajstić information content (AvgIpc) is 3.22. The maximum Gasteiger partial charge on any atom is 0.282 e. The summed E-state index contributed by atoms with van der Waals surface area (Å²) in [7, 11) is 0. The maximum absolute atomic E-state index is 13.8. The van der Waals surface area contributed by atoms with Crippen molar-refractivity contribution in [3.8, 4) is 16.9 Å². The van der Waals surface area contributed by atoms with Crippen LogP contribution in [0.4, 0.5) is 0 Å². The smallest absolute Gasteiger partial charge is 0.282 e. The predicted octanol–water partition coefficient (Wildman–Crippen LogP) is 4.29. The lowest BCUT2D eigenvalue weighted by Crippen LogP contribution is -2.48. The molecule has 3 heterocycles. The van der Waals surface area contributed by atoms with Crippen LogP contribution in [0, 0.1) is 13.8 Å². The number of nitrogens with zero attached hydrogens (tertiary/aromatic N) is 5. The Morgan fingerprint density at radius 3 is 2.39 bits per heavy atom. The number of pyridine rings is 1. The molecule has 0 unspecified atom stereocenters. The Kier molecular flexibility index (Phi) is 6.49. The van der Waals surface area contributed by atoms with Gasteiger partial charge in [-0.1, -0.05) is 42.0 Å². The van der Waals surface area contributed by atoms with E-state index in [2.05, 4.69) is 42.0 Å². The molecule has 186 valence electrons. The van der Waals surface area contributed by atoms with E-state index in [1.165, 1.54) is 21.4 Å². The number of hydrogen-bond acceptors (Lipinski definition) is 4. The Bertz CT molecular complexity index is 1410. The molecule has 0 bridgehead atoms. The largest absolute Gasteiger partial charge is 0.350 e. The summed E-state index contributed by atoms with van der Waals surface area (Å²) in [5.41, 5.74) is 5.79. The zero-order valence-electron chi connectivity index (χ0n) is 21.4. The molecule has 1 saturated heterocycles. The number of carbonyl (C=O) groups excluding carboxylic acids is 1. The summed E-state index contributed by atoms with van der Waals surface area (Å²) in [5, 5.41) is 4.62. The molecule has 0 atom stereocenters. The number of aromatic nitrogens is 3. The molecule has 0 N–H and O–H groups in total. The summed E-state index contributed by atoms with van der Waals surface area (Å²) in [4.78, 5) is 31.3. The van der Waals surface area contributed by atoms with Crippen molar-refractivity contribution in [2.24, 2.45) is 0 Å². The molecule has 2 aromatic rings. The van der Waals surface area contributed by atoms with Crippen LogP contribution in [0.5, 0.6) is 0 Å². The zero-order valence-corrected chi connectivity index (χ0v) is 21.4. The molecule has 0 aromatic heterocycles. The maximum atomic E-state index is 13.8. The molecule has 3 aliphatic heterocycles. The second-order valence-electron chi connectivity index (χ2n) is 10.0. The van der Waals surface area contributed by atoms with Gasteiger partial charge in [-0.05, 0) is 51.0 Å². The summed E-state index contributed by atoms with van der Waals surface area (Å²) in [6, 6.07) is 16.0. The monoisotopic (exact) mass is 483 g/mol. The summed E-state index contributed by atoms with van der Waals surface area (Å²) in [6.45, 7) is 12.1. The molecule has 0 spiro atoms. The average molecular weight is 484 g/mol. The molecule has 0 saturated carbocycles. The third-order valence-corrected chi connectivity index (χ3v) is 7.07. The van der Waals surface area contributed by atoms with Gasteiger partial charge in [-0.15, -0.1) is 0 Å². The topological polar surface area (TPSA) is 63.4 Å². The van der Waals surface area contributed by atoms with Crippen LogP contribution >= 0.6 is 0 Å². The quantitative estimate of drug-likeness (QED) is 0.425. The molecule has 3 aliphatic rings.